The Morgan fingerprint density at radius 1 is 1.33 bits per heavy atom. The Kier molecular flexibility index (Phi) is 6.16. The molecular weight excluding hydrogens is 310 g/mol. The number of nitrogens with one attached hydrogen (secondary N) is 3. The van der Waals surface area contributed by atoms with Crippen LogP contribution < -0.4 is 20.9 Å². The van der Waals surface area contributed by atoms with Gasteiger partial charge < -0.3 is 15.2 Å². The van der Waals surface area contributed by atoms with Gasteiger partial charge in [0.15, 0.2) is 0 Å². The summed E-state index contributed by atoms with van der Waals surface area (Å²) in [7, 11) is 1.60. The van der Waals surface area contributed by atoms with Crippen molar-refractivity contribution in [2.45, 2.75) is 32.4 Å². The van der Waals surface area contributed by atoms with Gasteiger partial charge in [0.2, 0.25) is 5.91 Å². The fourth-order valence-corrected chi connectivity index (χ4v) is 2.84. The molecule has 132 valence electrons. The first-order valence-corrected chi connectivity index (χ1v) is 8.08. The monoisotopic (exact) mass is 335 g/mol. The Morgan fingerprint density at radius 2 is 2.00 bits per heavy atom. The molecule has 1 aromatic carbocycles. The molecule has 1 aromatic rings. The van der Waals surface area contributed by atoms with Gasteiger partial charge in [-0.3, -0.25) is 10.2 Å². The van der Waals surface area contributed by atoms with Crippen LogP contribution in [-0.2, 0) is 9.59 Å². The lowest BCUT2D eigenvalue weighted by Crippen LogP contribution is -2.45. The molecule has 1 fully saturated rings. The second-order valence-electron chi connectivity index (χ2n) is 6.41. The molecule has 1 saturated heterocycles. The van der Waals surface area contributed by atoms with Crippen molar-refractivity contribution in [1.82, 2.24) is 16.2 Å². The van der Waals surface area contributed by atoms with Crippen LogP contribution in [0.2, 0.25) is 0 Å². The smallest absolute Gasteiger partial charge is 0.326 e. The van der Waals surface area contributed by atoms with Gasteiger partial charge in [0.05, 0.1) is 19.1 Å². The summed E-state index contributed by atoms with van der Waals surface area (Å²) in [5, 5.41) is 12.0. The van der Waals surface area contributed by atoms with Crippen molar-refractivity contribution in [3.8, 4) is 5.75 Å². The van der Waals surface area contributed by atoms with Crippen LogP contribution in [-0.4, -0.2) is 36.7 Å². The number of carboxylic acid groups (broad SMARTS) is 1. The topological polar surface area (TPSA) is 99.7 Å². The molecule has 7 heteroatoms. The van der Waals surface area contributed by atoms with Gasteiger partial charge in [-0.05, 0) is 30.0 Å². The van der Waals surface area contributed by atoms with Crippen LogP contribution in [0.5, 0.6) is 5.75 Å². The molecule has 0 bridgehead atoms. The summed E-state index contributed by atoms with van der Waals surface area (Å²) < 4.78 is 5.14. The summed E-state index contributed by atoms with van der Waals surface area (Å²) in [5.41, 5.74) is 7.01. The van der Waals surface area contributed by atoms with Gasteiger partial charge in [-0.15, -0.1) is 0 Å². The van der Waals surface area contributed by atoms with Gasteiger partial charge in [-0.25, -0.2) is 10.2 Å². The number of methoxy groups -OCH3 is 1. The Hall–Kier alpha value is -2.12. The summed E-state index contributed by atoms with van der Waals surface area (Å²) in [6.07, 6.45) is 0.405. The van der Waals surface area contributed by atoms with Crippen LogP contribution in [0.4, 0.5) is 0 Å². The summed E-state index contributed by atoms with van der Waals surface area (Å²) in [6, 6.07) is 6.38. The number of benzene rings is 1. The zero-order chi connectivity index (χ0) is 17.7. The van der Waals surface area contributed by atoms with E-state index in [2.05, 4.69) is 16.2 Å². The number of aliphatic carboxylic acids is 1. The Morgan fingerprint density at radius 3 is 2.54 bits per heavy atom. The lowest BCUT2D eigenvalue weighted by Gasteiger charge is -2.22. The number of ether oxygens (including phenoxy) is 1. The Labute approximate surface area is 141 Å². The van der Waals surface area contributed by atoms with Crippen molar-refractivity contribution in [3.63, 3.8) is 0 Å². The van der Waals surface area contributed by atoms with Crippen LogP contribution >= 0.6 is 0 Å². The number of carbonyl (C=O) groups excluding carboxylic acids is 1. The molecule has 2 rings (SSSR count). The molecule has 0 radical (unpaired) electrons. The third-order valence-corrected chi connectivity index (χ3v) is 4.12. The normalized spacial score (nSPS) is 21.5. The highest BCUT2D eigenvalue weighted by molar-refractivity contribution is 5.85. The number of hydrogen-bond acceptors (Lipinski definition) is 5. The molecule has 7 nitrogen and oxygen atoms in total. The summed E-state index contributed by atoms with van der Waals surface area (Å²) >= 11 is 0. The van der Waals surface area contributed by atoms with Gasteiger partial charge in [0, 0.05) is 6.54 Å². The Balaban J connectivity index is 2.07. The molecular formula is C17H25N3O4. The first-order chi connectivity index (χ1) is 11.4. The molecule has 0 aliphatic carbocycles. The van der Waals surface area contributed by atoms with Crippen LogP contribution in [0.3, 0.4) is 0 Å². The zero-order valence-corrected chi connectivity index (χ0v) is 14.2. The highest BCUT2D eigenvalue weighted by atomic mass is 16.5. The summed E-state index contributed by atoms with van der Waals surface area (Å²) in [6.45, 7) is 4.30. The number of carboxylic acids is 1. The SMILES string of the molecule is COc1ccc(C2NNCC2C(=O)N[C@H](CC(C)C)C(=O)O)cc1. The van der Waals surface area contributed by atoms with E-state index in [0.29, 0.717) is 13.0 Å². The van der Waals surface area contributed by atoms with E-state index in [4.69, 9.17) is 4.74 Å². The van der Waals surface area contributed by atoms with Gasteiger partial charge in [-0.2, -0.15) is 0 Å². The van der Waals surface area contributed by atoms with Gasteiger partial charge >= 0.3 is 5.97 Å². The van der Waals surface area contributed by atoms with Crippen molar-refractivity contribution >= 4 is 11.9 Å². The van der Waals surface area contributed by atoms with Gasteiger partial charge in [-0.1, -0.05) is 26.0 Å². The molecule has 1 aliphatic rings. The minimum Gasteiger partial charge on any atom is -0.497 e. The average molecular weight is 335 g/mol. The largest absolute Gasteiger partial charge is 0.497 e. The minimum atomic E-state index is -1.00. The number of hydrogen-bond donors (Lipinski definition) is 4. The molecule has 3 atom stereocenters. The predicted octanol–water partition coefficient (Wildman–Crippen LogP) is 1.08. The predicted molar refractivity (Wildman–Crippen MR) is 89.4 cm³/mol. The maximum atomic E-state index is 12.6. The summed E-state index contributed by atoms with van der Waals surface area (Å²) in [4.78, 5) is 23.9. The highest BCUT2D eigenvalue weighted by Gasteiger charge is 2.35. The van der Waals surface area contributed by atoms with Crippen molar-refractivity contribution in [1.29, 1.82) is 0 Å². The standard InChI is InChI=1S/C17H25N3O4/c1-10(2)8-14(17(22)23)19-16(21)13-9-18-20-15(13)11-4-6-12(24-3)7-5-11/h4-7,10,13-15,18,20H,8-9H2,1-3H3,(H,19,21)(H,22,23)/t13?,14-,15?/m1/s1. The van der Waals surface area contributed by atoms with E-state index in [-0.39, 0.29) is 23.8 Å². The van der Waals surface area contributed by atoms with E-state index in [1.54, 1.807) is 7.11 Å². The Bertz CT molecular complexity index is 574. The summed E-state index contributed by atoms with van der Waals surface area (Å²) in [5.74, 6) is -0.720. The third-order valence-electron chi connectivity index (χ3n) is 4.12. The van der Waals surface area contributed by atoms with Crippen LogP contribution in [0.15, 0.2) is 24.3 Å². The van der Waals surface area contributed by atoms with Crippen molar-refractivity contribution in [2.75, 3.05) is 13.7 Å². The first-order valence-electron chi connectivity index (χ1n) is 8.08. The molecule has 0 saturated carbocycles. The van der Waals surface area contributed by atoms with E-state index in [1.165, 1.54) is 0 Å². The van der Waals surface area contributed by atoms with Crippen LogP contribution in [0.1, 0.15) is 31.9 Å². The van der Waals surface area contributed by atoms with E-state index < -0.39 is 12.0 Å². The van der Waals surface area contributed by atoms with E-state index in [1.807, 2.05) is 38.1 Å². The zero-order valence-electron chi connectivity index (χ0n) is 14.2. The lowest BCUT2D eigenvalue weighted by molar-refractivity contribution is -0.143. The maximum absolute atomic E-state index is 12.6. The van der Waals surface area contributed by atoms with E-state index in [9.17, 15) is 14.7 Å². The van der Waals surface area contributed by atoms with Crippen molar-refractivity contribution < 1.29 is 19.4 Å². The van der Waals surface area contributed by atoms with Crippen molar-refractivity contribution in [2.24, 2.45) is 11.8 Å². The maximum Gasteiger partial charge on any atom is 0.326 e. The number of rotatable bonds is 7. The van der Waals surface area contributed by atoms with Crippen LogP contribution in [0.25, 0.3) is 0 Å². The second-order valence-corrected chi connectivity index (χ2v) is 6.41. The lowest BCUT2D eigenvalue weighted by atomic mass is 9.93. The number of amides is 1. The molecule has 24 heavy (non-hydrogen) atoms. The van der Waals surface area contributed by atoms with Crippen LogP contribution in [0, 0.1) is 11.8 Å². The molecule has 4 N–H and O–H groups in total. The minimum absolute atomic E-state index is 0.184. The number of carbonyl (C=O) groups is 2. The van der Waals surface area contributed by atoms with E-state index >= 15 is 0 Å². The van der Waals surface area contributed by atoms with Crippen molar-refractivity contribution in [3.05, 3.63) is 29.8 Å². The van der Waals surface area contributed by atoms with Gasteiger partial charge in [0.1, 0.15) is 11.8 Å². The second kappa shape index (κ2) is 8.12. The molecule has 2 unspecified atom stereocenters. The fraction of sp³-hybridized carbons (Fsp3) is 0.529. The molecule has 1 amide bonds. The molecule has 0 aromatic heterocycles. The van der Waals surface area contributed by atoms with E-state index in [0.717, 1.165) is 11.3 Å². The molecule has 1 heterocycles. The fourth-order valence-electron chi connectivity index (χ4n) is 2.84. The highest BCUT2D eigenvalue weighted by Crippen LogP contribution is 2.27. The first kappa shape index (κ1) is 18.2. The molecule has 0 spiro atoms. The number of hydrazine groups is 1. The quantitative estimate of drug-likeness (QED) is 0.595. The third kappa shape index (κ3) is 4.46. The average Bonchev–Trinajstić information content (AvgIpc) is 3.03. The molecule has 1 aliphatic heterocycles. The van der Waals surface area contributed by atoms with Gasteiger partial charge in [0.25, 0.3) is 0 Å².